The van der Waals surface area contributed by atoms with Crippen LogP contribution in [0.15, 0.2) is 48.5 Å². The fraction of sp³-hybridized carbons (Fsp3) is 0.750. The zero-order valence-electron chi connectivity index (χ0n) is 94.0. The van der Waals surface area contributed by atoms with Crippen LogP contribution >= 0.6 is 0 Å². The Hall–Kier alpha value is -6.67. The molecule has 0 saturated heterocycles. The summed E-state index contributed by atoms with van der Waals surface area (Å²) in [6.07, 6.45) is 98.9. The average Bonchev–Trinajstić information content (AvgIpc) is 1.58. The number of benzene rings is 4. The molecular formula is C128H208N8O8Pt. The Morgan fingerprint density at radius 3 is 0.379 bits per heavy atom. The number of nitrogens with zero attached hydrogens (tertiary/aromatic N) is 8. The summed E-state index contributed by atoms with van der Waals surface area (Å²) in [4.78, 5) is 45.7. The monoisotopic (exact) mass is 2180 g/mol. The standard InChI is InChI=1S/C128H208N8O8.Pt/c1-9-17-25-33-41-49-57-65-73-81-89-137-113-97-105-106(98-114(113)138-90-82-74-66-58-50-42-34-26-18-10-2)122-129-121(105)133-123-107-99-115(139-91-83-75-67-59-51-43-35-27-19-11-3)116(140-92-84-76-68-60-52-44-36-28-20-12-4)100-108(107)125(130-123)135-127-111-103-119(143-95-87-79-71-63-55-47-39-31-23-15-7)120(144-96-88-80-72-64-56-48-40-32-24-16-8)104-112(111)128(132-127)136-126-110-102-118(142-94-86-78-70-62-54-46-38-30-22-14-6)117(101-109(110)124(131-126)134-122)141-93-85-77-69-61-53-45-37-29-21-13-5;/h97-104H,9-96H2,1-8H3;/q-2;+2. The summed E-state index contributed by atoms with van der Waals surface area (Å²) < 4.78 is 56.7. The van der Waals surface area contributed by atoms with Crippen molar-refractivity contribution in [2.45, 2.75) is 569 Å². The van der Waals surface area contributed by atoms with Crippen molar-refractivity contribution in [2.24, 2.45) is 0 Å². The van der Waals surface area contributed by atoms with Gasteiger partial charge in [-0.05, 0) is 121 Å². The van der Waals surface area contributed by atoms with Gasteiger partial charge in [0, 0.05) is 44.8 Å². The Bertz CT molecular complexity index is 4060. The van der Waals surface area contributed by atoms with Crippen molar-refractivity contribution in [3.8, 4) is 91.5 Å². The van der Waals surface area contributed by atoms with Crippen molar-refractivity contribution in [1.82, 2.24) is 39.9 Å². The maximum atomic E-state index is 7.08. The number of fused-ring (bicyclic) bond motifs is 20. The number of rotatable bonds is 96. The molecule has 2 aliphatic rings. The minimum Gasteiger partial charge on any atom is -0.490 e. The maximum Gasteiger partial charge on any atom is 2.00 e. The third-order valence-electron chi connectivity index (χ3n) is 30.0. The van der Waals surface area contributed by atoms with Crippen LogP contribution in [0.2, 0.25) is 0 Å². The predicted molar refractivity (Wildman–Crippen MR) is 613 cm³/mol. The molecule has 0 unspecified atom stereocenters. The normalized spacial score (nSPS) is 11.8. The summed E-state index contributed by atoms with van der Waals surface area (Å²) in [5.74, 6) is 7.15. The number of ether oxygens (including phenoxy) is 8. The molecule has 2 aliphatic heterocycles. The summed E-state index contributed by atoms with van der Waals surface area (Å²) >= 11 is 0. The quantitative estimate of drug-likeness (QED) is 0.0328. The molecule has 0 N–H and O–H groups in total. The van der Waals surface area contributed by atoms with Gasteiger partial charge in [0.25, 0.3) is 0 Å². The van der Waals surface area contributed by atoms with Gasteiger partial charge in [-0.2, -0.15) is 0 Å². The van der Waals surface area contributed by atoms with Crippen LogP contribution in [-0.4, -0.2) is 82.8 Å². The van der Waals surface area contributed by atoms with E-state index in [-0.39, 0.29) is 21.1 Å². The van der Waals surface area contributed by atoms with E-state index in [0.717, 1.165) is 147 Å². The van der Waals surface area contributed by atoms with E-state index in [1.165, 1.54) is 411 Å². The number of hydrogen-bond acceptors (Lipinski definition) is 14. The molecule has 0 fully saturated rings. The Labute approximate surface area is 898 Å². The van der Waals surface area contributed by atoms with E-state index >= 15 is 0 Å². The molecule has 7 aromatic rings. The molecule has 9 rings (SSSR count). The minimum absolute atomic E-state index is 0. The first-order valence-electron chi connectivity index (χ1n) is 61.8. The third-order valence-corrected chi connectivity index (χ3v) is 30.0. The number of unbranched alkanes of at least 4 members (excludes halogenated alkanes) is 72. The van der Waals surface area contributed by atoms with Gasteiger partial charge < -0.3 is 67.8 Å². The van der Waals surface area contributed by atoms with E-state index in [4.69, 9.17) is 77.8 Å². The van der Waals surface area contributed by atoms with Gasteiger partial charge in [0.2, 0.25) is 0 Å². The van der Waals surface area contributed by atoms with Crippen LogP contribution < -0.4 is 47.9 Å². The van der Waals surface area contributed by atoms with Crippen molar-refractivity contribution < 1.29 is 59.0 Å². The Morgan fingerprint density at radius 1 is 0.145 bits per heavy atom. The molecule has 0 amide bonds. The number of hydrogen-bond donors (Lipinski definition) is 0. The fourth-order valence-corrected chi connectivity index (χ4v) is 20.8. The van der Waals surface area contributed by atoms with Crippen LogP contribution in [0.4, 0.5) is 0 Å². The van der Waals surface area contributed by atoms with E-state index in [0.29, 0.717) is 145 Å². The van der Waals surface area contributed by atoms with Crippen molar-refractivity contribution in [3.63, 3.8) is 0 Å². The average molecular weight is 2180 g/mol. The molecule has 4 aromatic carbocycles. The van der Waals surface area contributed by atoms with Crippen LogP contribution in [0.1, 0.15) is 569 Å². The topological polar surface area (TPSA) is 179 Å². The smallest absolute Gasteiger partial charge is 0.490 e. The second-order valence-electron chi connectivity index (χ2n) is 43.1. The summed E-state index contributed by atoms with van der Waals surface area (Å²) in [5, 5.41) is 3.05. The molecule has 5 heterocycles. The molecule has 3 aromatic heterocycles. The van der Waals surface area contributed by atoms with Gasteiger partial charge in [-0.25, -0.2) is 9.97 Å². The zero-order chi connectivity index (χ0) is 101. The van der Waals surface area contributed by atoms with Gasteiger partial charge in [-0.15, -0.1) is 0 Å². The second-order valence-corrected chi connectivity index (χ2v) is 43.1. The first kappa shape index (κ1) is 124. The van der Waals surface area contributed by atoms with Gasteiger partial charge in [-0.1, -0.05) is 518 Å². The molecule has 8 bridgehead atoms. The van der Waals surface area contributed by atoms with Crippen molar-refractivity contribution in [1.29, 1.82) is 0 Å². The van der Waals surface area contributed by atoms with Crippen LogP contribution in [0.5, 0.6) is 46.0 Å². The molecule has 0 atom stereocenters. The third kappa shape index (κ3) is 49.5. The largest absolute Gasteiger partial charge is 2.00 e. The maximum absolute atomic E-state index is 7.08. The molecule has 145 heavy (non-hydrogen) atoms. The first-order valence-corrected chi connectivity index (χ1v) is 61.8. The van der Waals surface area contributed by atoms with Crippen LogP contribution in [0.25, 0.3) is 89.7 Å². The van der Waals surface area contributed by atoms with E-state index in [1.807, 2.05) is 0 Å². The van der Waals surface area contributed by atoms with Crippen LogP contribution in [0.3, 0.4) is 0 Å². The van der Waals surface area contributed by atoms with Crippen LogP contribution in [0, 0.1) is 0 Å². The Morgan fingerprint density at radius 2 is 0.255 bits per heavy atom. The molecule has 17 heteroatoms. The van der Waals surface area contributed by atoms with Gasteiger partial charge in [-0.3, -0.25) is 0 Å². The van der Waals surface area contributed by atoms with Crippen molar-refractivity contribution >= 4 is 44.1 Å². The number of aromatic nitrogens is 8. The molecule has 0 radical (unpaired) electrons. The minimum atomic E-state index is 0. The summed E-state index contributed by atoms with van der Waals surface area (Å²) in [7, 11) is 0. The van der Waals surface area contributed by atoms with Crippen molar-refractivity contribution in [3.05, 3.63) is 48.5 Å². The van der Waals surface area contributed by atoms with E-state index < -0.39 is 0 Å². The first-order chi connectivity index (χ1) is 71.3. The van der Waals surface area contributed by atoms with Gasteiger partial charge in [0.15, 0.2) is 46.0 Å². The molecule has 818 valence electrons. The SMILES string of the molecule is CCCCCCCCCCCCOc1cc2c(cc1OCCCCCCCCCCCC)-c1nc-2nc2[n-]c(nc3nc(nc4[n-]c(n1)c1cc(OCCCCCCCCCCCC)c(OCCCCCCCCCCCC)cc41)-c1cc(OCCCCCCCCCCCC)c(OCCCCCCCCCCCC)cc1-3)c1cc(OCCCCCCCCCCCC)c(OCCCCCCCCCCCC)cc21.[Pt+2]. The van der Waals surface area contributed by atoms with Gasteiger partial charge in [0.05, 0.1) is 76.2 Å². The summed E-state index contributed by atoms with van der Waals surface area (Å²) in [5.41, 5.74) is 4.83. The van der Waals surface area contributed by atoms with Crippen LogP contribution in [-0.2, 0) is 21.1 Å². The summed E-state index contributed by atoms with van der Waals surface area (Å²) in [6, 6.07) is 17.0. The molecular weight excluding hydrogens is 1970 g/mol. The predicted octanol–water partition coefficient (Wildman–Crippen LogP) is 40.5. The van der Waals surface area contributed by atoms with Gasteiger partial charge >= 0.3 is 21.1 Å². The molecule has 0 spiro atoms. The molecule has 16 nitrogen and oxygen atoms in total. The fourth-order valence-electron chi connectivity index (χ4n) is 20.8. The second kappa shape index (κ2) is 81.2. The van der Waals surface area contributed by atoms with Gasteiger partial charge in [0.1, 0.15) is 0 Å². The van der Waals surface area contributed by atoms with E-state index in [1.54, 1.807) is 0 Å². The molecule has 0 aliphatic carbocycles. The molecule has 0 saturated carbocycles. The van der Waals surface area contributed by atoms with Crippen molar-refractivity contribution in [2.75, 3.05) is 52.9 Å². The zero-order valence-corrected chi connectivity index (χ0v) is 96.3. The Balaban J connectivity index is 0.0000257. The van der Waals surface area contributed by atoms with E-state index in [2.05, 4.69) is 104 Å². The Kier molecular flexibility index (Phi) is 69.1. The summed E-state index contributed by atoms with van der Waals surface area (Å²) in [6.45, 7) is 22.8. The van der Waals surface area contributed by atoms with E-state index in [9.17, 15) is 0 Å².